The van der Waals surface area contributed by atoms with Crippen molar-refractivity contribution in [3.63, 3.8) is 0 Å². The van der Waals surface area contributed by atoms with Crippen LogP contribution in [0, 0.1) is 0 Å². The number of amides is 1. The number of hydrogen-bond donors (Lipinski definition) is 2. The molecule has 0 unspecified atom stereocenters. The standard InChI is InChI=1S/C16H19N3O4S/c1-8(14(17)21)23-12(20)7-6-11-18-15(22)13-9-4-2-3-5-10(9)24-16(13)19-11/h8H,2-7H2,1H3,(H2,17,21)(H,18,19,22)/t8-/m1/s1. The van der Waals surface area contributed by atoms with Crippen molar-refractivity contribution in [2.24, 2.45) is 5.73 Å². The maximum Gasteiger partial charge on any atom is 0.307 e. The molecular weight excluding hydrogens is 330 g/mol. The van der Waals surface area contributed by atoms with E-state index in [9.17, 15) is 14.4 Å². The molecule has 2 aromatic heterocycles. The first-order valence-electron chi connectivity index (χ1n) is 7.98. The zero-order valence-corrected chi connectivity index (χ0v) is 14.2. The molecule has 128 valence electrons. The topological polar surface area (TPSA) is 115 Å². The third-order valence-electron chi connectivity index (χ3n) is 4.15. The summed E-state index contributed by atoms with van der Waals surface area (Å²) in [6.07, 6.45) is 3.49. The summed E-state index contributed by atoms with van der Waals surface area (Å²) >= 11 is 1.57. The molecule has 24 heavy (non-hydrogen) atoms. The van der Waals surface area contributed by atoms with Gasteiger partial charge in [0.15, 0.2) is 6.10 Å². The number of esters is 1. The second-order valence-corrected chi connectivity index (χ2v) is 7.02. The van der Waals surface area contributed by atoms with E-state index < -0.39 is 18.0 Å². The number of fused-ring (bicyclic) bond motifs is 3. The Bertz CT molecular complexity index is 855. The lowest BCUT2D eigenvalue weighted by Crippen LogP contribution is -2.30. The van der Waals surface area contributed by atoms with E-state index in [0.717, 1.165) is 36.1 Å². The molecule has 3 rings (SSSR count). The van der Waals surface area contributed by atoms with Gasteiger partial charge in [0, 0.05) is 11.3 Å². The van der Waals surface area contributed by atoms with Crippen LogP contribution in [0.1, 0.15) is 42.5 Å². The summed E-state index contributed by atoms with van der Waals surface area (Å²) in [5.41, 5.74) is 6.04. The SMILES string of the molecule is C[C@@H](OC(=O)CCc1nc2sc3c(c2c(=O)[nH]1)CCCC3)C(N)=O. The molecule has 3 N–H and O–H groups in total. The first-order chi connectivity index (χ1) is 11.5. The monoisotopic (exact) mass is 349 g/mol. The Balaban J connectivity index is 1.75. The predicted molar refractivity (Wildman–Crippen MR) is 90.0 cm³/mol. The lowest BCUT2D eigenvalue weighted by molar-refractivity contribution is -0.153. The number of nitrogens with one attached hydrogen (secondary N) is 1. The van der Waals surface area contributed by atoms with Crippen molar-refractivity contribution in [3.05, 3.63) is 26.6 Å². The molecular formula is C16H19N3O4S. The van der Waals surface area contributed by atoms with Crippen LogP contribution < -0.4 is 11.3 Å². The van der Waals surface area contributed by atoms with Crippen LogP contribution in [0.4, 0.5) is 0 Å². The number of nitrogens with two attached hydrogens (primary N) is 1. The van der Waals surface area contributed by atoms with Crippen LogP contribution in [-0.4, -0.2) is 27.9 Å². The summed E-state index contributed by atoms with van der Waals surface area (Å²) in [5.74, 6) is -0.787. The number of carbonyl (C=O) groups excluding carboxylic acids is 2. The van der Waals surface area contributed by atoms with E-state index in [1.165, 1.54) is 11.8 Å². The molecule has 0 saturated carbocycles. The van der Waals surface area contributed by atoms with Gasteiger partial charge in [0.25, 0.3) is 11.5 Å². The van der Waals surface area contributed by atoms with Gasteiger partial charge < -0.3 is 15.5 Å². The van der Waals surface area contributed by atoms with E-state index in [-0.39, 0.29) is 18.4 Å². The van der Waals surface area contributed by atoms with Crippen molar-refractivity contribution < 1.29 is 14.3 Å². The fraction of sp³-hybridized carbons (Fsp3) is 0.500. The summed E-state index contributed by atoms with van der Waals surface area (Å²) in [6, 6.07) is 0. The van der Waals surface area contributed by atoms with Gasteiger partial charge in [0.2, 0.25) is 0 Å². The highest BCUT2D eigenvalue weighted by Crippen LogP contribution is 2.33. The summed E-state index contributed by atoms with van der Waals surface area (Å²) in [4.78, 5) is 44.2. The molecule has 2 heterocycles. The quantitative estimate of drug-likeness (QED) is 0.787. The smallest absolute Gasteiger partial charge is 0.307 e. The van der Waals surface area contributed by atoms with Crippen LogP contribution in [0.15, 0.2) is 4.79 Å². The minimum absolute atomic E-state index is 0.0250. The number of carbonyl (C=O) groups is 2. The van der Waals surface area contributed by atoms with Gasteiger partial charge in [-0.25, -0.2) is 4.98 Å². The van der Waals surface area contributed by atoms with Crippen LogP contribution in [0.5, 0.6) is 0 Å². The van der Waals surface area contributed by atoms with Crippen molar-refractivity contribution in [2.75, 3.05) is 0 Å². The second kappa shape index (κ2) is 6.72. The molecule has 0 aliphatic heterocycles. The molecule has 0 saturated heterocycles. The van der Waals surface area contributed by atoms with Gasteiger partial charge in [-0.1, -0.05) is 0 Å². The minimum Gasteiger partial charge on any atom is -0.453 e. The zero-order chi connectivity index (χ0) is 17.3. The molecule has 2 aromatic rings. The second-order valence-electron chi connectivity index (χ2n) is 5.94. The number of ether oxygens (including phenoxy) is 1. The van der Waals surface area contributed by atoms with Gasteiger partial charge in [0.1, 0.15) is 10.7 Å². The number of nitrogens with zero attached hydrogens (tertiary/aromatic N) is 1. The molecule has 8 heteroatoms. The summed E-state index contributed by atoms with van der Waals surface area (Å²) in [7, 11) is 0. The minimum atomic E-state index is -0.962. The van der Waals surface area contributed by atoms with Gasteiger partial charge in [-0.2, -0.15) is 0 Å². The number of H-pyrrole nitrogens is 1. The van der Waals surface area contributed by atoms with Gasteiger partial charge in [-0.05, 0) is 38.2 Å². The van der Waals surface area contributed by atoms with Crippen molar-refractivity contribution in [2.45, 2.75) is 51.6 Å². The molecule has 1 aliphatic carbocycles. The Morgan fingerprint density at radius 3 is 2.88 bits per heavy atom. The van der Waals surface area contributed by atoms with Crippen LogP contribution in [0.2, 0.25) is 0 Å². The molecule has 1 aliphatic rings. The van der Waals surface area contributed by atoms with E-state index in [2.05, 4.69) is 9.97 Å². The van der Waals surface area contributed by atoms with E-state index in [4.69, 9.17) is 10.5 Å². The average Bonchev–Trinajstić information content (AvgIpc) is 2.91. The molecule has 0 aromatic carbocycles. The fourth-order valence-electron chi connectivity index (χ4n) is 2.86. The third-order valence-corrected chi connectivity index (χ3v) is 5.33. The number of thiophene rings is 1. The van der Waals surface area contributed by atoms with Crippen molar-refractivity contribution in [3.8, 4) is 0 Å². The maximum absolute atomic E-state index is 12.4. The van der Waals surface area contributed by atoms with Crippen LogP contribution in [-0.2, 0) is 33.6 Å². The Morgan fingerprint density at radius 1 is 1.38 bits per heavy atom. The summed E-state index contributed by atoms with van der Waals surface area (Å²) < 4.78 is 4.89. The number of aromatic nitrogens is 2. The fourth-order valence-corrected chi connectivity index (χ4v) is 4.14. The highest BCUT2D eigenvalue weighted by atomic mass is 32.1. The first kappa shape index (κ1) is 16.6. The van der Waals surface area contributed by atoms with Gasteiger partial charge in [-0.3, -0.25) is 14.4 Å². The molecule has 0 radical (unpaired) electrons. The van der Waals surface area contributed by atoms with Crippen LogP contribution in [0.25, 0.3) is 10.2 Å². The van der Waals surface area contributed by atoms with Gasteiger partial charge in [0.05, 0.1) is 11.8 Å². The van der Waals surface area contributed by atoms with E-state index in [1.54, 1.807) is 11.3 Å². The third kappa shape index (κ3) is 3.33. The molecule has 1 atom stereocenters. The van der Waals surface area contributed by atoms with E-state index in [0.29, 0.717) is 11.2 Å². The van der Waals surface area contributed by atoms with Gasteiger partial charge in [-0.15, -0.1) is 11.3 Å². The van der Waals surface area contributed by atoms with Crippen LogP contribution in [0.3, 0.4) is 0 Å². The number of hydrogen-bond acceptors (Lipinski definition) is 6. The van der Waals surface area contributed by atoms with E-state index >= 15 is 0 Å². The van der Waals surface area contributed by atoms with Crippen molar-refractivity contribution in [1.29, 1.82) is 0 Å². The van der Waals surface area contributed by atoms with Gasteiger partial charge >= 0.3 is 5.97 Å². The highest BCUT2D eigenvalue weighted by Gasteiger charge is 2.20. The first-order valence-corrected chi connectivity index (χ1v) is 8.79. The lowest BCUT2D eigenvalue weighted by Gasteiger charge is -2.10. The lowest BCUT2D eigenvalue weighted by atomic mass is 9.97. The van der Waals surface area contributed by atoms with Crippen molar-refractivity contribution in [1.82, 2.24) is 9.97 Å². The van der Waals surface area contributed by atoms with Crippen LogP contribution >= 0.6 is 11.3 Å². The normalized spacial score (nSPS) is 15.0. The average molecular weight is 349 g/mol. The molecule has 1 amide bonds. The Hall–Kier alpha value is -2.22. The number of aromatic amines is 1. The molecule has 7 nitrogen and oxygen atoms in total. The largest absolute Gasteiger partial charge is 0.453 e. The Labute approximate surface area is 142 Å². The number of primary amides is 1. The molecule has 0 spiro atoms. The summed E-state index contributed by atoms with van der Waals surface area (Å²) in [6.45, 7) is 1.42. The Morgan fingerprint density at radius 2 is 2.12 bits per heavy atom. The van der Waals surface area contributed by atoms with Crippen molar-refractivity contribution >= 4 is 33.4 Å². The number of aryl methyl sites for hydroxylation is 3. The van der Waals surface area contributed by atoms with E-state index in [1.807, 2.05) is 0 Å². The molecule has 0 bridgehead atoms. The Kier molecular flexibility index (Phi) is 4.66. The zero-order valence-electron chi connectivity index (χ0n) is 13.4. The molecule has 0 fully saturated rings. The maximum atomic E-state index is 12.4. The summed E-state index contributed by atoms with van der Waals surface area (Å²) in [5, 5.41) is 0.698. The number of rotatable bonds is 5. The predicted octanol–water partition coefficient (Wildman–Crippen LogP) is 1.21. The highest BCUT2D eigenvalue weighted by molar-refractivity contribution is 7.18.